The maximum Gasteiger partial charge on any atom is 0.0738 e. The quantitative estimate of drug-likeness (QED) is 0.854. The molecule has 0 saturated carbocycles. The molecule has 0 aliphatic heterocycles. The number of nitrogens with zero attached hydrogens (tertiary/aromatic N) is 3. The van der Waals surface area contributed by atoms with Crippen LogP contribution in [0.3, 0.4) is 0 Å². The molecule has 0 atom stereocenters. The molecule has 0 spiro atoms. The van der Waals surface area contributed by atoms with Crippen molar-refractivity contribution in [3.05, 3.63) is 30.2 Å². The molecule has 0 bridgehead atoms. The topological polar surface area (TPSA) is 56.7 Å². The van der Waals surface area contributed by atoms with Gasteiger partial charge < -0.3 is 5.73 Å². The van der Waals surface area contributed by atoms with Gasteiger partial charge in [0.25, 0.3) is 0 Å². The number of nitrogens with two attached hydrogens (primary N) is 1. The van der Waals surface area contributed by atoms with Gasteiger partial charge in [-0.15, -0.1) is 0 Å². The number of aryl methyl sites for hydroxylation is 2. The SMILES string of the molecule is CCCc1nn(C)cc1-c1ccc(N)cn1. The lowest BCUT2D eigenvalue weighted by Gasteiger charge is -2.00. The third-order valence-electron chi connectivity index (χ3n) is 2.45. The number of nitrogen functional groups attached to an aromatic ring is 1. The third kappa shape index (κ3) is 2.05. The van der Waals surface area contributed by atoms with E-state index >= 15 is 0 Å². The van der Waals surface area contributed by atoms with Crippen LogP contribution in [0.5, 0.6) is 0 Å². The maximum absolute atomic E-state index is 5.62. The van der Waals surface area contributed by atoms with Gasteiger partial charge in [0.2, 0.25) is 0 Å². The highest BCUT2D eigenvalue weighted by atomic mass is 15.3. The van der Waals surface area contributed by atoms with Crippen molar-refractivity contribution in [3.8, 4) is 11.3 Å². The zero-order valence-corrected chi connectivity index (χ0v) is 9.64. The van der Waals surface area contributed by atoms with E-state index in [1.807, 2.05) is 30.1 Å². The van der Waals surface area contributed by atoms with Crippen LogP contribution in [0.1, 0.15) is 19.0 Å². The molecule has 0 radical (unpaired) electrons. The summed E-state index contributed by atoms with van der Waals surface area (Å²) in [5.74, 6) is 0. The van der Waals surface area contributed by atoms with Gasteiger partial charge in [0, 0.05) is 18.8 Å². The lowest BCUT2D eigenvalue weighted by molar-refractivity contribution is 0.733. The number of hydrogen-bond donors (Lipinski definition) is 1. The second kappa shape index (κ2) is 4.35. The summed E-state index contributed by atoms with van der Waals surface area (Å²) in [5, 5.41) is 4.44. The standard InChI is InChI=1S/C12H16N4/c1-3-4-12-10(8-16(2)15-12)11-6-5-9(13)7-14-11/h5-8H,3-4,13H2,1-2H3. The van der Waals surface area contributed by atoms with E-state index in [9.17, 15) is 0 Å². The number of hydrogen-bond acceptors (Lipinski definition) is 3. The fourth-order valence-electron chi connectivity index (χ4n) is 1.73. The van der Waals surface area contributed by atoms with Crippen LogP contribution in [-0.2, 0) is 13.5 Å². The number of pyridine rings is 1. The second-order valence-electron chi connectivity index (χ2n) is 3.89. The Morgan fingerprint density at radius 1 is 1.38 bits per heavy atom. The Morgan fingerprint density at radius 3 is 2.81 bits per heavy atom. The summed E-state index contributed by atoms with van der Waals surface area (Å²) in [4.78, 5) is 4.33. The highest BCUT2D eigenvalue weighted by molar-refractivity contribution is 5.62. The van der Waals surface area contributed by atoms with Crippen molar-refractivity contribution >= 4 is 5.69 Å². The lowest BCUT2D eigenvalue weighted by atomic mass is 10.1. The Bertz CT molecular complexity index is 470. The number of aromatic nitrogens is 3. The largest absolute Gasteiger partial charge is 0.397 e. The molecule has 0 aliphatic rings. The summed E-state index contributed by atoms with van der Waals surface area (Å²) in [6.07, 6.45) is 5.74. The molecule has 2 N–H and O–H groups in total. The van der Waals surface area contributed by atoms with Crippen molar-refractivity contribution in [2.24, 2.45) is 7.05 Å². The first-order valence-electron chi connectivity index (χ1n) is 5.45. The molecule has 0 amide bonds. The van der Waals surface area contributed by atoms with Gasteiger partial charge in [-0.1, -0.05) is 13.3 Å². The molecule has 16 heavy (non-hydrogen) atoms. The predicted molar refractivity (Wildman–Crippen MR) is 64.8 cm³/mol. The first-order valence-corrected chi connectivity index (χ1v) is 5.45. The fourth-order valence-corrected chi connectivity index (χ4v) is 1.73. The summed E-state index contributed by atoms with van der Waals surface area (Å²) in [5.41, 5.74) is 9.44. The minimum absolute atomic E-state index is 0.685. The van der Waals surface area contributed by atoms with Crippen LogP contribution in [0.2, 0.25) is 0 Å². The molecule has 2 aromatic heterocycles. The smallest absolute Gasteiger partial charge is 0.0738 e. The number of rotatable bonds is 3. The van der Waals surface area contributed by atoms with E-state index in [2.05, 4.69) is 17.0 Å². The van der Waals surface area contributed by atoms with Gasteiger partial charge in [-0.25, -0.2) is 0 Å². The van der Waals surface area contributed by atoms with Crippen molar-refractivity contribution in [1.82, 2.24) is 14.8 Å². The second-order valence-corrected chi connectivity index (χ2v) is 3.89. The van der Waals surface area contributed by atoms with Crippen molar-refractivity contribution in [2.45, 2.75) is 19.8 Å². The summed E-state index contributed by atoms with van der Waals surface area (Å²) >= 11 is 0. The Kier molecular flexibility index (Phi) is 2.90. The van der Waals surface area contributed by atoms with Crippen LogP contribution in [0, 0.1) is 0 Å². The normalized spacial score (nSPS) is 10.6. The molecule has 0 aliphatic carbocycles. The lowest BCUT2D eigenvalue weighted by Crippen LogP contribution is -1.92. The molecule has 4 heteroatoms. The van der Waals surface area contributed by atoms with Crippen molar-refractivity contribution in [3.63, 3.8) is 0 Å². The van der Waals surface area contributed by atoms with E-state index in [0.717, 1.165) is 29.8 Å². The van der Waals surface area contributed by atoms with E-state index in [-0.39, 0.29) is 0 Å². The molecule has 2 rings (SSSR count). The van der Waals surface area contributed by atoms with Crippen LogP contribution in [0.15, 0.2) is 24.5 Å². The van der Waals surface area contributed by atoms with Crippen LogP contribution in [0.25, 0.3) is 11.3 Å². The molecule has 2 heterocycles. The Hall–Kier alpha value is -1.84. The molecule has 0 unspecified atom stereocenters. The average molecular weight is 216 g/mol. The van der Waals surface area contributed by atoms with Gasteiger partial charge in [-0.3, -0.25) is 9.67 Å². The maximum atomic E-state index is 5.62. The molecule has 0 aromatic carbocycles. The average Bonchev–Trinajstić information content (AvgIpc) is 2.61. The van der Waals surface area contributed by atoms with Gasteiger partial charge in [0.1, 0.15) is 0 Å². The fraction of sp³-hybridized carbons (Fsp3) is 0.333. The Morgan fingerprint density at radius 2 is 2.19 bits per heavy atom. The van der Waals surface area contributed by atoms with Gasteiger partial charge >= 0.3 is 0 Å². The summed E-state index contributed by atoms with van der Waals surface area (Å²) in [6, 6.07) is 3.80. The van der Waals surface area contributed by atoms with Gasteiger partial charge in [0.05, 0.1) is 23.3 Å². The zero-order valence-electron chi connectivity index (χ0n) is 9.64. The number of anilines is 1. The van der Waals surface area contributed by atoms with Crippen LogP contribution >= 0.6 is 0 Å². The van der Waals surface area contributed by atoms with Crippen molar-refractivity contribution in [1.29, 1.82) is 0 Å². The molecule has 0 fully saturated rings. The third-order valence-corrected chi connectivity index (χ3v) is 2.45. The summed E-state index contributed by atoms with van der Waals surface area (Å²) in [7, 11) is 1.93. The molecule has 2 aromatic rings. The van der Waals surface area contributed by atoms with Gasteiger partial charge in [-0.05, 0) is 18.6 Å². The van der Waals surface area contributed by atoms with Crippen LogP contribution in [0.4, 0.5) is 5.69 Å². The van der Waals surface area contributed by atoms with Crippen molar-refractivity contribution in [2.75, 3.05) is 5.73 Å². The van der Waals surface area contributed by atoms with Crippen LogP contribution in [-0.4, -0.2) is 14.8 Å². The molecule has 84 valence electrons. The Labute approximate surface area is 95.1 Å². The first-order chi connectivity index (χ1) is 7.70. The highest BCUT2D eigenvalue weighted by Gasteiger charge is 2.09. The molecule has 0 saturated heterocycles. The summed E-state index contributed by atoms with van der Waals surface area (Å²) < 4.78 is 1.83. The first kappa shape index (κ1) is 10.7. The van der Waals surface area contributed by atoms with E-state index in [0.29, 0.717) is 5.69 Å². The Balaban J connectivity index is 2.42. The van der Waals surface area contributed by atoms with Gasteiger partial charge in [-0.2, -0.15) is 5.10 Å². The minimum Gasteiger partial charge on any atom is -0.397 e. The highest BCUT2D eigenvalue weighted by Crippen LogP contribution is 2.22. The van der Waals surface area contributed by atoms with E-state index in [1.165, 1.54) is 0 Å². The zero-order chi connectivity index (χ0) is 11.5. The predicted octanol–water partition coefficient (Wildman–Crippen LogP) is 2.02. The molecule has 4 nitrogen and oxygen atoms in total. The van der Waals surface area contributed by atoms with Gasteiger partial charge in [0.15, 0.2) is 0 Å². The van der Waals surface area contributed by atoms with E-state index < -0.39 is 0 Å². The monoisotopic (exact) mass is 216 g/mol. The minimum atomic E-state index is 0.685. The van der Waals surface area contributed by atoms with E-state index in [4.69, 9.17) is 5.73 Å². The summed E-state index contributed by atoms with van der Waals surface area (Å²) in [6.45, 7) is 2.15. The van der Waals surface area contributed by atoms with Crippen molar-refractivity contribution < 1.29 is 0 Å². The molecular weight excluding hydrogens is 200 g/mol. The molecular formula is C12H16N4. The van der Waals surface area contributed by atoms with Crippen LogP contribution < -0.4 is 5.73 Å². The van der Waals surface area contributed by atoms with E-state index in [1.54, 1.807) is 6.20 Å².